The van der Waals surface area contributed by atoms with E-state index in [0.29, 0.717) is 6.42 Å². The minimum Gasteiger partial charge on any atom is -0.303 e. The molecule has 2 heteroatoms. The van der Waals surface area contributed by atoms with E-state index in [4.69, 9.17) is 11.6 Å². The van der Waals surface area contributed by atoms with Crippen molar-refractivity contribution in [1.29, 1.82) is 0 Å². The van der Waals surface area contributed by atoms with Gasteiger partial charge in [-0.3, -0.25) is 0 Å². The Hall–Kier alpha value is -0.820. The number of carbonyl (C=O) groups excluding carboxylic acids is 1. The van der Waals surface area contributed by atoms with Crippen LogP contribution in [0.5, 0.6) is 0 Å². The van der Waals surface area contributed by atoms with Gasteiger partial charge in [0.2, 0.25) is 0 Å². The number of carbonyl (C=O) groups is 1. The topological polar surface area (TPSA) is 17.1 Å². The molecular formula is C12H15ClO. The third kappa shape index (κ3) is 2.36. The van der Waals surface area contributed by atoms with E-state index in [2.05, 4.69) is 6.07 Å². The van der Waals surface area contributed by atoms with E-state index in [-0.39, 0.29) is 5.92 Å². The Morgan fingerprint density at radius 1 is 1.43 bits per heavy atom. The maximum atomic E-state index is 10.4. The molecule has 0 aliphatic heterocycles. The molecule has 1 aromatic carbocycles. The fourth-order valence-electron chi connectivity index (χ4n) is 1.62. The molecule has 1 nitrogen and oxygen atoms in total. The smallest absolute Gasteiger partial charge is 0.120 e. The average Bonchev–Trinajstić information content (AvgIpc) is 2.11. The molecule has 0 heterocycles. The summed E-state index contributed by atoms with van der Waals surface area (Å²) in [5, 5.41) is 0.790. The molecule has 0 fully saturated rings. The van der Waals surface area contributed by atoms with Crippen molar-refractivity contribution in [3.8, 4) is 0 Å². The van der Waals surface area contributed by atoms with Crippen LogP contribution in [0, 0.1) is 13.8 Å². The number of rotatable bonds is 3. The Morgan fingerprint density at radius 3 is 2.64 bits per heavy atom. The summed E-state index contributed by atoms with van der Waals surface area (Å²) >= 11 is 6.08. The molecule has 0 aromatic heterocycles. The van der Waals surface area contributed by atoms with Crippen LogP contribution in [0.15, 0.2) is 12.1 Å². The zero-order chi connectivity index (χ0) is 10.7. The van der Waals surface area contributed by atoms with Crippen LogP contribution in [0.3, 0.4) is 0 Å². The monoisotopic (exact) mass is 210 g/mol. The summed E-state index contributed by atoms with van der Waals surface area (Å²) in [6.07, 6.45) is 1.51. The van der Waals surface area contributed by atoms with Gasteiger partial charge in [0.05, 0.1) is 0 Å². The summed E-state index contributed by atoms with van der Waals surface area (Å²) in [4.78, 5) is 10.4. The highest BCUT2D eigenvalue weighted by Gasteiger charge is 2.10. The summed E-state index contributed by atoms with van der Waals surface area (Å²) in [6.45, 7) is 6.06. The fraction of sp³-hybridized carbons (Fsp3) is 0.417. The van der Waals surface area contributed by atoms with E-state index in [9.17, 15) is 4.79 Å². The molecule has 1 rings (SSSR count). The van der Waals surface area contributed by atoms with Crippen molar-refractivity contribution in [2.75, 3.05) is 0 Å². The van der Waals surface area contributed by atoms with Gasteiger partial charge in [-0.2, -0.15) is 0 Å². The number of aldehydes is 1. The van der Waals surface area contributed by atoms with E-state index >= 15 is 0 Å². The Bertz CT molecular complexity index is 344. The van der Waals surface area contributed by atoms with Gasteiger partial charge in [0, 0.05) is 11.4 Å². The largest absolute Gasteiger partial charge is 0.303 e. The molecule has 1 atom stereocenters. The lowest BCUT2D eigenvalue weighted by Crippen LogP contribution is -1.98. The van der Waals surface area contributed by atoms with Gasteiger partial charge in [-0.1, -0.05) is 24.6 Å². The highest BCUT2D eigenvalue weighted by molar-refractivity contribution is 6.31. The van der Waals surface area contributed by atoms with Crippen LogP contribution in [0.25, 0.3) is 0 Å². The SMILES string of the molecule is Cc1cc(Cl)c(C)c(C(C)CC=O)c1. The molecule has 0 spiro atoms. The average molecular weight is 211 g/mol. The van der Waals surface area contributed by atoms with Crippen LogP contribution in [-0.2, 0) is 4.79 Å². The van der Waals surface area contributed by atoms with Crippen molar-refractivity contribution in [1.82, 2.24) is 0 Å². The standard InChI is InChI=1S/C12H15ClO/c1-8-6-11(9(2)4-5-14)10(3)12(13)7-8/h5-7,9H,4H2,1-3H3. The quantitative estimate of drug-likeness (QED) is 0.696. The highest BCUT2D eigenvalue weighted by Crippen LogP contribution is 2.28. The van der Waals surface area contributed by atoms with Crippen molar-refractivity contribution in [2.24, 2.45) is 0 Å². The maximum Gasteiger partial charge on any atom is 0.120 e. The Labute approximate surface area is 90.1 Å². The van der Waals surface area contributed by atoms with Crippen LogP contribution in [0.4, 0.5) is 0 Å². The molecule has 0 saturated heterocycles. The minimum absolute atomic E-state index is 0.255. The number of aryl methyl sites for hydroxylation is 1. The molecule has 0 aliphatic carbocycles. The third-order valence-corrected chi connectivity index (χ3v) is 2.90. The normalized spacial score (nSPS) is 12.6. The second-order valence-electron chi connectivity index (χ2n) is 3.76. The lowest BCUT2D eigenvalue weighted by atomic mass is 9.93. The first kappa shape index (κ1) is 11.3. The molecule has 1 aromatic rings. The predicted molar refractivity (Wildman–Crippen MR) is 60.0 cm³/mol. The van der Waals surface area contributed by atoms with Crippen molar-refractivity contribution in [3.63, 3.8) is 0 Å². The van der Waals surface area contributed by atoms with Crippen molar-refractivity contribution < 1.29 is 4.79 Å². The third-order valence-electron chi connectivity index (χ3n) is 2.51. The predicted octanol–water partition coefficient (Wildman–Crippen LogP) is 3.65. The highest BCUT2D eigenvalue weighted by atomic mass is 35.5. The Kier molecular flexibility index (Phi) is 3.70. The van der Waals surface area contributed by atoms with Gasteiger partial charge in [-0.25, -0.2) is 0 Å². The van der Waals surface area contributed by atoms with E-state index in [1.54, 1.807) is 0 Å². The van der Waals surface area contributed by atoms with E-state index in [1.165, 1.54) is 5.56 Å². The van der Waals surface area contributed by atoms with E-state index in [0.717, 1.165) is 22.4 Å². The summed E-state index contributed by atoms with van der Waals surface area (Å²) in [5.74, 6) is 0.255. The molecule has 76 valence electrons. The van der Waals surface area contributed by atoms with Crippen LogP contribution in [0.1, 0.15) is 36.0 Å². The van der Waals surface area contributed by atoms with Gasteiger partial charge in [0.15, 0.2) is 0 Å². The first-order valence-electron chi connectivity index (χ1n) is 4.76. The molecule has 0 aliphatic rings. The summed E-state index contributed by atoms with van der Waals surface area (Å²) in [5.41, 5.74) is 3.42. The lowest BCUT2D eigenvalue weighted by molar-refractivity contribution is -0.108. The number of hydrogen-bond acceptors (Lipinski definition) is 1. The summed E-state index contributed by atoms with van der Waals surface area (Å²) in [6, 6.07) is 4.06. The molecule has 0 bridgehead atoms. The van der Waals surface area contributed by atoms with Crippen LogP contribution < -0.4 is 0 Å². The van der Waals surface area contributed by atoms with Crippen LogP contribution in [-0.4, -0.2) is 6.29 Å². The molecular weight excluding hydrogens is 196 g/mol. The van der Waals surface area contributed by atoms with Crippen LogP contribution >= 0.6 is 11.6 Å². The van der Waals surface area contributed by atoms with Gasteiger partial charge in [0.25, 0.3) is 0 Å². The maximum absolute atomic E-state index is 10.4. The van der Waals surface area contributed by atoms with E-state index < -0.39 is 0 Å². The molecule has 0 N–H and O–H groups in total. The van der Waals surface area contributed by atoms with Gasteiger partial charge in [-0.05, 0) is 42.5 Å². The van der Waals surface area contributed by atoms with Gasteiger partial charge < -0.3 is 4.79 Å². The molecule has 0 amide bonds. The van der Waals surface area contributed by atoms with Crippen LogP contribution in [0.2, 0.25) is 5.02 Å². The lowest BCUT2D eigenvalue weighted by Gasteiger charge is -2.14. The number of hydrogen-bond donors (Lipinski definition) is 0. The Balaban J connectivity index is 3.12. The van der Waals surface area contributed by atoms with Crippen molar-refractivity contribution in [2.45, 2.75) is 33.1 Å². The Morgan fingerprint density at radius 2 is 2.07 bits per heavy atom. The van der Waals surface area contributed by atoms with E-state index in [1.807, 2.05) is 26.8 Å². The van der Waals surface area contributed by atoms with Gasteiger partial charge in [-0.15, -0.1) is 0 Å². The van der Waals surface area contributed by atoms with Gasteiger partial charge in [0.1, 0.15) is 6.29 Å². The van der Waals surface area contributed by atoms with Crippen molar-refractivity contribution in [3.05, 3.63) is 33.8 Å². The minimum atomic E-state index is 0.255. The molecule has 14 heavy (non-hydrogen) atoms. The number of benzene rings is 1. The molecule has 0 radical (unpaired) electrons. The van der Waals surface area contributed by atoms with Gasteiger partial charge >= 0.3 is 0 Å². The molecule has 0 saturated carbocycles. The summed E-state index contributed by atoms with van der Waals surface area (Å²) < 4.78 is 0. The first-order chi connectivity index (χ1) is 6.56. The second kappa shape index (κ2) is 4.61. The zero-order valence-corrected chi connectivity index (χ0v) is 9.56. The second-order valence-corrected chi connectivity index (χ2v) is 4.17. The first-order valence-corrected chi connectivity index (χ1v) is 5.14. The fourth-order valence-corrected chi connectivity index (χ4v) is 1.91. The zero-order valence-electron chi connectivity index (χ0n) is 8.80. The summed E-state index contributed by atoms with van der Waals surface area (Å²) in [7, 11) is 0. The van der Waals surface area contributed by atoms with Crippen molar-refractivity contribution >= 4 is 17.9 Å². The number of halogens is 1. The molecule has 1 unspecified atom stereocenters.